The monoisotopic (exact) mass is 182 g/mol. The Morgan fingerprint density at radius 1 is 1.62 bits per heavy atom. The maximum absolute atomic E-state index is 11.5. The van der Waals surface area contributed by atoms with Crippen LogP contribution in [0.1, 0.15) is 20.8 Å². The highest BCUT2D eigenvalue weighted by molar-refractivity contribution is 5.81. The van der Waals surface area contributed by atoms with E-state index in [0.717, 1.165) is 6.54 Å². The Hall–Kier alpha value is -1.01. The summed E-state index contributed by atoms with van der Waals surface area (Å²) in [5, 5.41) is 3.02. The minimum Gasteiger partial charge on any atom is -0.345 e. The number of rotatable bonds is 4. The molecule has 0 aliphatic carbocycles. The predicted octanol–water partition coefficient (Wildman–Crippen LogP) is 0.464. The number of carbonyl (C=O) groups is 1. The number of nitrogens with one attached hydrogen (secondary N) is 1. The summed E-state index contributed by atoms with van der Waals surface area (Å²) < 4.78 is 0. The highest BCUT2D eigenvalue weighted by Gasteiger charge is 2.16. The van der Waals surface area contributed by atoms with Crippen LogP contribution in [0.4, 0.5) is 0 Å². The van der Waals surface area contributed by atoms with E-state index in [1.165, 1.54) is 0 Å². The van der Waals surface area contributed by atoms with Crippen LogP contribution in [0.2, 0.25) is 0 Å². The molecule has 0 aliphatic heterocycles. The Morgan fingerprint density at radius 3 is 2.54 bits per heavy atom. The number of amides is 1. The first-order valence-electron chi connectivity index (χ1n) is 4.50. The van der Waals surface area contributed by atoms with Gasteiger partial charge in [0.15, 0.2) is 0 Å². The maximum atomic E-state index is 11.5. The fourth-order valence-electron chi connectivity index (χ4n) is 0.981. The molecule has 0 spiro atoms. The van der Waals surface area contributed by atoms with Gasteiger partial charge in [0.05, 0.1) is 12.1 Å². The first-order valence-corrected chi connectivity index (χ1v) is 4.50. The van der Waals surface area contributed by atoms with Crippen LogP contribution in [0.3, 0.4) is 0 Å². The molecule has 0 saturated heterocycles. The fourth-order valence-corrected chi connectivity index (χ4v) is 0.981. The minimum absolute atomic E-state index is 0.0655. The van der Waals surface area contributed by atoms with Gasteiger partial charge in [-0.3, -0.25) is 10.1 Å². The van der Waals surface area contributed by atoms with Crippen molar-refractivity contribution in [1.29, 1.82) is 0 Å². The number of terminal acetylenes is 1. The highest BCUT2D eigenvalue weighted by atomic mass is 16.2. The smallest absolute Gasteiger partial charge is 0.239 e. The number of nitrogens with zero attached hydrogens (tertiary/aromatic N) is 1. The molecule has 1 N–H and O–H groups in total. The van der Waals surface area contributed by atoms with Crippen molar-refractivity contribution in [2.24, 2.45) is 0 Å². The third-order valence-electron chi connectivity index (χ3n) is 1.97. The molecule has 0 heterocycles. The zero-order valence-corrected chi connectivity index (χ0v) is 8.79. The second-order valence-corrected chi connectivity index (χ2v) is 3.13. The summed E-state index contributed by atoms with van der Waals surface area (Å²) in [6, 6.07) is -0.278. The van der Waals surface area contributed by atoms with Crippen molar-refractivity contribution in [3.8, 4) is 12.3 Å². The molecular formula is C10H18N2O. The number of hydrogen-bond donors (Lipinski definition) is 1. The molecule has 0 aromatic carbocycles. The zero-order chi connectivity index (χ0) is 10.4. The van der Waals surface area contributed by atoms with Crippen molar-refractivity contribution in [3.63, 3.8) is 0 Å². The van der Waals surface area contributed by atoms with Crippen molar-refractivity contribution >= 4 is 5.91 Å². The Labute approximate surface area is 80.5 Å². The highest BCUT2D eigenvalue weighted by Crippen LogP contribution is 1.93. The van der Waals surface area contributed by atoms with Crippen LogP contribution in [0, 0.1) is 12.3 Å². The molecule has 0 rings (SSSR count). The molecule has 1 amide bonds. The van der Waals surface area contributed by atoms with Gasteiger partial charge in [-0.1, -0.05) is 5.92 Å². The Balaban J connectivity index is 4.05. The lowest BCUT2D eigenvalue weighted by molar-refractivity contribution is -0.131. The van der Waals surface area contributed by atoms with Gasteiger partial charge in [-0.05, 0) is 20.8 Å². The van der Waals surface area contributed by atoms with E-state index < -0.39 is 0 Å². The molecule has 0 saturated carbocycles. The topological polar surface area (TPSA) is 32.3 Å². The molecule has 13 heavy (non-hydrogen) atoms. The van der Waals surface area contributed by atoms with Crippen LogP contribution in [0.5, 0.6) is 0 Å². The summed E-state index contributed by atoms with van der Waals surface area (Å²) in [6.45, 7) is 6.34. The molecule has 3 heteroatoms. The van der Waals surface area contributed by atoms with Crippen molar-refractivity contribution in [2.75, 3.05) is 13.6 Å². The number of hydrogen-bond acceptors (Lipinski definition) is 2. The summed E-state index contributed by atoms with van der Waals surface area (Å²) in [4.78, 5) is 13.2. The van der Waals surface area contributed by atoms with Gasteiger partial charge in [0, 0.05) is 13.6 Å². The average Bonchev–Trinajstić information content (AvgIpc) is 2.14. The van der Waals surface area contributed by atoms with E-state index in [-0.39, 0.29) is 18.0 Å². The normalized spacial score (nSPS) is 14.4. The van der Waals surface area contributed by atoms with Crippen LogP contribution < -0.4 is 5.32 Å². The van der Waals surface area contributed by atoms with Crippen LogP contribution in [0.25, 0.3) is 0 Å². The van der Waals surface area contributed by atoms with E-state index in [9.17, 15) is 4.79 Å². The largest absolute Gasteiger partial charge is 0.345 e. The predicted molar refractivity (Wildman–Crippen MR) is 54.2 cm³/mol. The van der Waals surface area contributed by atoms with Gasteiger partial charge in [-0.2, -0.15) is 0 Å². The van der Waals surface area contributed by atoms with E-state index in [4.69, 9.17) is 6.42 Å². The molecule has 0 aliphatic rings. The fraction of sp³-hybridized carbons (Fsp3) is 0.700. The van der Waals surface area contributed by atoms with Gasteiger partial charge >= 0.3 is 0 Å². The maximum Gasteiger partial charge on any atom is 0.239 e. The minimum atomic E-state index is -0.212. The third kappa shape index (κ3) is 3.95. The van der Waals surface area contributed by atoms with Gasteiger partial charge in [-0.25, -0.2) is 0 Å². The molecule has 0 aromatic heterocycles. The van der Waals surface area contributed by atoms with Crippen LogP contribution in [-0.4, -0.2) is 36.5 Å². The first-order chi connectivity index (χ1) is 6.02. The van der Waals surface area contributed by atoms with E-state index in [1.807, 2.05) is 20.8 Å². The van der Waals surface area contributed by atoms with E-state index >= 15 is 0 Å². The van der Waals surface area contributed by atoms with E-state index in [1.54, 1.807) is 11.9 Å². The number of likely N-dealkylation sites (N-methyl/N-ethyl adjacent to an activating group) is 1. The van der Waals surface area contributed by atoms with E-state index in [0.29, 0.717) is 0 Å². The summed E-state index contributed by atoms with van der Waals surface area (Å²) in [5.74, 6) is 2.60. The lowest BCUT2D eigenvalue weighted by atomic mass is 10.2. The number of carbonyl (C=O) groups excluding carboxylic acids is 1. The lowest BCUT2D eigenvalue weighted by Crippen LogP contribution is -2.45. The van der Waals surface area contributed by atoms with Crippen molar-refractivity contribution in [2.45, 2.75) is 32.9 Å². The van der Waals surface area contributed by atoms with Crippen molar-refractivity contribution in [1.82, 2.24) is 10.2 Å². The van der Waals surface area contributed by atoms with Crippen molar-refractivity contribution < 1.29 is 4.79 Å². The van der Waals surface area contributed by atoms with Crippen LogP contribution >= 0.6 is 0 Å². The lowest BCUT2D eigenvalue weighted by Gasteiger charge is -2.21. The SMILES string of the molecule is C#CC(C)NC(C)C(=O)N(C)CC. The van der Waals surface area contributed by atoms with Crippen LogP contribution in [0.15, 0.2) is 0 Å². The molecule has 0 fully saturated rings. The quantitative estimate of drug-likeness (QED) is 0.641. The molecule has 0 radical (unpaired) electrons. The summed E-state index contributed by atoms with van der Waals surface area (Å²) in [6.07, 6.45) is 5.19. The Kier molecular flexibility index (Phi) is 5.17. The summed E-state index contributed by atoms with van der Waals surface area (Å²) in [7, 11) is 1.78. The second kappa shape index (κ2) is 5.60. The standard InChI is InChI=1S/C10H18N2O/c1-6-8(3)11-9(4)10(13)12(5)7-2/h1,8-9,11H,7H2,2-5H3. The van der Waals surface area contributed by atoms with Crippen molar-refractivity contribution in [3.05, 3.63) is 0 Å². The molecule has 2 atom stereocenters. The molecule has 74 valence electrons. The Morgan fingerprint density at radius 2 is 2.15 bits per heavy atom. The molecule has 3 nitrogen and oxygen atoms in total. The zero-order valence-electron chi connectivity index (χ0n) is 8.79. The van der Waals surface area contributed by atoms with Crippen LogP contribution in [-0.2, 0) is 4.79 Å². The second-order valence-electron chi connectivity index (χ2n) is 3.13. The molecule has 0 aromatic rings. The molecule has 0 bridgehead atoms. The van der Waals surface area contributed by atoms with Gasteiger partial charge in [0.1, 0.15) is 0 Å². The third-order valence-corrected chi connectivity index (χ3v) is 1.97. The average molecular weight is 182 g/mol. The van der Waals surface area contributed by atoms with E-state index in [2.05, 4.69) is 11.2 Å². The first kappa shape index (κ1) is 12.0. The van der Waals surface area contributed by atoms with Gasteiger partial charge < -0.3 is 4.90 Å². The van der Waals surface area contributed by atoms with Gasteiger partial charge in [0.25, 0.3) is 0 Å². The van der Waals surface area contributed by atoms with Gasteiger partial charge in [0.2, 0.25) is 5.91 Å². The summed E-state index contributed by atoms with van der Waals surface area (Å²) >= 11 is 0. The molecule has 2 unspecified atom stereocenters. The Bertz CT molecular complexity index is 207. The van der Waals surface area contributed by atoms with Gasteiger partial charge in [-0.15, -0.1) is 6.42 Å². The summed E-state index contributed by atoms with van der Waals surface area (Å²) in [5.41, 5.74) is 0. The molecular weight excluding hydrogens is 164 g/mol.